The first-order chi connectivity index (χ1) is 13.0. The topological polar surface area (TPSA) is 89.0 Å². The molecule has 0 spiro atoms. The average molecular weight is 381 g/mol. The molecule has 3 aromatic rings. The SMILES string of the molecule is Cc1ccc(S(=O)(=O)C(CNC(=O)c2ccncc2)c2cccnc2)cc1. The molecule has 2 aromatic heterocycles. The van der Waals surface area contributed by atoms with Gasteiger partial charge in [-0.2, -0.15) is 0 Å². The molecular weight excluding hydrogens is 362 g/mol. The number of sulfone groups is 1. The third-order valence-electron chi connectivity index (χ3n) is 4.17. The first-order valence-corrected chi connectivity index (χ1v) is 9.92. The van der Waals surface area contributed by atoms with Crippen LogP contribution in [-0.2, 0) is 9.84 Å². The number of pyridine rings is 2. The second-order valence-electron chi connectivity index (χ2n) is 6.08. The number of amides is 1. The molecule has 0 aliphatic heterocycles. The Morgan fingerprint density at radius 2 is 1.70 bits per heavy atom. The van der Waals surface area contributed by atoms with Crippen LogP contribution in [0.3, 0.4) is 0 Å². The van der Waals surface area contributed by atoms with Crippen molar-refractivity contribution in [2.45, 2.75) is 17.1 Å². The summed E-state index contributed by atoms with van der Waals surface area (Å²) < 4.78 is 26.4. The molecule has 27 heavy (non-hydrogen) atoms. The van der Waals surface area contributed by atoms with Gasteiger partial charge < -0.3 is 5.32 Å². The second-order valence-corrected chi connectivity index (χ2v) is 8.21. The van der Waals surface area contributed by atoms with E-state index in [-0.39, 0.29) is 17.3 Å². The third-order valence-corrected chi connectivity index (χ3v) is 6.29. The standard InChI is InChI=1S/C20H19N3O3S/c1-15-4-6-18(7-5-15)27(25,26)19(17-3-2-10-22-13-17)14-23-20(24)16-8-11-21-12-9-16/h2-13,19H,14H2,1H3,(H,23,24). The molecule has 1 aromatic carbocycles. The van der Waals surface area contributed by atoms with Gasteiger partial charge in [-0.25, -0.2) is 8.42 Å². The van der Waals surface area contributed by atoms with Gasteiger partial charge in [0.1, 0.15) is 5.25 Å². The Kier molecular flexibility index (Phi) is 5.61. The first-order valence-electron chi connectivity index (χ1n) is 8.37. The zero-order chi connectivity index (χ0) is 19.3. The van der Waals surface area contributed by atoms with Gasteiger partial charge in [-0.3, -0.25) is 14.8 Å². The fraction of sp³-hybridized carbons (Fsp3) is 0.150. The van der Waals surface area contributed by atoms with Gasteiger partial charge in [0.25, 0.3) is 5.91 Å². The average Bonchev–Trinajstić information content (AvgIpc) is 2.69. The van der Waals surface area contributed by atoms with E-state index in [4.69, 9.17) is 0 Å². The van der Waals surface area contributed by atoms with E-state index >= 15 is 0 Å². The zero-order valence-electron chi connectivity index (χ0n) is 14.7. The highest BCUT2D eigenvalue weighted by Crippen LogP contribution is 2.28. The summed E-state index contributed by atoms with van der Waals surface area (Å²) in [4.78, 5) is 20.4. The highest BCUT2D eigenvalue weighted by Gasteiger charge is 2.30. The summed E-state index contributed by atoms with van der Waals surface area (Å²) in [6.07, 6.45) is 6.11. The number of benzene rings is 1. The quantitative estimate of drug-likeness (QED) is 0.709. The molecule has 2 heterocycles. The van der Waals surface area contributed by atoms with Crippen molar-refractivity contribution in [3.8, 4) is 0 Å². The van der Waals surface area contributed by atoms with Gasteiger partial charge >= 0.3 is 0 Å². The minimum Gasteiger partial charge on any atom is -0.350 e. The van der Waals surface area contributed by atoms with E-state index in [9.17, 15) is 13.2 Å². The number of rotatable bonds is 6. The molecule has 6 nitrogen and oxygen atoms in total. The lowest BCUT2D eigenvalue weighted by Crippen LogP contribution is -2.32. The van der Waals surface area contributed by atoms with Crippen LogP contribution in [0.15, 0.2) is 78.2 Å². The number of nitrogens with one attached hydrogen (secondary N) is 1. The van der Waals surface area contributed by atoms with Gasteiger partial charge in [-0.05, 0) is 42.8 Å². The van der Waals surface area contributed by atoms with E-state index in [1.54, 1.807) is 54.7 Å². The van der Waals surface area contributed by atoms with Crippen LogP contribution < -0.4 is 5.32 Å². The van der Waals surface area contributed by atoms with Gasteiger partial charge in [0.05, 0.1) is 4.90 Å². The number of nitrogens with zero attached hydrogens (tertiary/aromatic N) is 2. The van der Waals surface area contributed by atoms with E-state index in [0.717, 1.165) is 5.56 Å². The lowest BCUT2D eigenvalue weighted by atomic mass is 10.2. The summed E-state index contributed by atoms with van der Waals surface area (Å²) in [5.41, 5.74) is 1.91. The number of carbonyl (C=O) groups excluding carboxylic acids is 1. The number of hydrogen-bond donors (Lipinski definition) is 1. The maximum Gasteiger partial charge on any atom is 0.251 e. The molecule has 0 bridgehead atoms. The van der Waals surface area contributed by atoms with E-state index < -0.39 is 15.1 Å². The van der Waals surface area contributed by atoms with Crippen molar-refractivity contribution < 1.29 is 13.2 Å². The summed E-state index contributed by atoms with van der Waals surface area (Å²) in [6.45, 7) is 1.83. The van der Waals surface area contributed by atoms with Crippen LogP contribution >= 0.6 is 0 Å². The minimum atomic E-state index is -3.72. The third kappa shape index (κ3) is 4.38. The maximum absolute atomic E-state index is 13.2. The summed E-state index contributed by atoms with van der Waals surface area (Å²) >= 11 is 0. The number of aromatic nitrogens is 2. The fourth-order valence-electron chi connectivity index (χ4n) is 2.66. The molecule has 0 fully saturated rings. The van der Waals surface area contributed by atoms with Crippen LogP contribution in [-0.4, -0.2) is 30.8 Å². The van der Waals surface area contributed by atoms with E-state index in [1.165, 1.54) is 18.6 Å². The predicted molar refractivity (Wildman–Crippen MR) is 102 cm³/mol. The molecular formula is C20H19N3O3S. The summed E-state index contributed by atoms with van der Waals surface area (Å²) in [5.74, 6) is -0.356. The largest absolute Gasteiger partial charge is 0.350 e. The summed E-state index contributed by atoms with van der Waals surface area (Å²) in [5, 5.41) is 1.77. The molecule has 138 valence electrons. The van der Waals surface area contributed by atoms with E-state index in [2.05, 4.69) is 15.3 Å². The van der Waals surface area contributed by atoms with Crippen LogP contribution in [0.5, 0.6) is 0 Å². The molecule has 0 radical (unpaired) electrons. The second kappa shape index (κ2) is 8.09. The van der Waals surface area contributed by atoms with Gasteiger partial charge in [-0.1, -0.05) is 23.8 Å². The van der Waals surface area contributed by atoms with Crippen LogP contribution in [0.2, 0.25) is 0 Å². The molecule has 0 aliphatic carbocycles. The van der Waals surface area contributed by atoms with Crippen molar-refractivity contribution >= 4 is 15.7 Å². The van der Waals surface area contributed by atoms with E-state index in [1.807, 2.05) is 6.92 Å². The smallest absolute Gasteiger partial charge is 0.251 e. The molecule has 0 saturated heterocycles. The fourth-order valence-corrected chi connectivity index (χ4v) is 4.30. The predicted octanol–water partition coefficient (Wildman–Crippen LogP) is 2.73. The van der Waals surface area contributed by atoms with Crippen molar-refractivity contribution in [3.63, 3.8) is 0 Å². The molecule has 3 rings (SSSR count). The van der Waals surface area contributed by atoms with Crippen LogP contribution in [0.4, 0.5) is 0 Å². The van der Waals surface area contributed by atoms with Crippen molar-refractivity contribution in [3.05, 3.63) is 90.0 Å². The molecule has 1 amide bonds. The normalized spacial score (nSPS) is 12.3. The van der Waals surface area contributed by atoms with E-state index in [0.29, 0.717) is 11.1 Å². The van der Waals surface area contributed by atoms with Crippen molar-refractivity contribution in [2.24, 2.45) is 0 Å². The highest BCUT2D eigenvalue weighted by atomic mass is 32.2. The maximum atomic E-state index is 13.2. The summed E-state index contributed by atoms with van der Waals surface area (Å²) in [6, 6.07) is 13.2. The molecule has 0 aliphatic rings. The minimum absolute atomic E-state index is 0.0664. The Hall–Kier alpha value is -3.06. The molecule has 7 heteroatoms. The molecule has 1 N–H and O–H groups in total. The molecule has 1 unspecified atom stereocenters. The van der Waals surface area contributed by atoms with Crippen molar-refractivity contribution in [1.82, 2.24) is 15.3 Å². The molecule has 0 saturated carbocycles. The Balaban J connectivity index is 1.90. The van der Waals surface area contributed by atoms with Crippen LogP contribution in [0.1, 0.15) is 26.7 Å². The lowest BCUT2D eigenvalue weighted by Gasteiger charge is -2.19. The Morgan fingerprint density at radius 3 is 2.33 bits per heavy atom. The number of carbonyl (C=O) groups is 1. The first kappa shape index (κ1) is 18.7. The molecule has 1 atom stereocenters. The Bertz CT molecular complexity index is 1010. The van der Waals surface area contributed by atoms with Gasteiger partial charge in [0.15, 0.2) is 9.84 Å². The Morgan fingerprint density at radius 1 is 1.00 bits per heavy atom. The number of hydrogen-bond acceptors (Lipinski definition) is 5. The highest BCUT2D eigenvalue weighted by molar-refractivity contribution is 7.91. The zero-order valence-corrected chi connectivity index (χ0v) is 15.6. The number of aryl methyl sites for hydroxylation is 1. The van der Waals surface area contributed by atoms with Gasteiger partial charge in [-0.15, -0.1) is 0 Å². The van der Waals surface area contributed by atoms with Crippen LogP contribution in [0, 0.1) is 6.92 Å². The van der Waals surface area contributed by atoms with Gasteiger partial charge in [0.2, 0.25) is 0 Å². The van der Waals surface area contributed by atoms with Crippen LogP contribution in [0.25, 0.3) is 0 Å². The van der Waals surface area contributed by atoms with Crippen molar-refractivity contribution in [1.29, 1.82) is 0 Å². The Labute approximate surface area is 158 Å². The summed E-state index contributed by atoms with van der Waals surface area (Å²) in [7, 11) is -3.72. The monoisotopic (exact) mass is 381 g/mol. The lowest BCUT2D eigenvalue weighted by molar-refractivity contribution is 0.0953. The van der Waals surface area contributed by atoms with Gasteiger partial charge in [0, 0.05) is 36.9 Å². The van der Waals surface area contributed by atoms with Crippen molar-refractivity contribution in [2.75, 3.05) is 6.54 Å².